The minimum atomic E-state index is -0.458. The van der Waals surface area contributed by atoms with Gasteiger partial charge in [0.15, 0.2) is 5.82 Å². The second-order valence-corrected chi connectivity index (χ2v) is 6.93. The molecule has 0 spiro atoms. The molecular formula is C20H24FN5O2. The summed E-state index contributed by atoms with van der Waals surface area (Å²) in [5.74, 6) is 0.842. The van der Waals surface area contributed by atoms with Crippen molar-refractivity contribution < 1.29 is 13.9 Å². The molecule has 2 heterocycles. The maximum Gasteiger partial charge on any atom is 0.319 e. The number of benzene rings is 1. The highest BCUT2D eigenvalue weighted by Gasteiger charge is 2.25. The van der Waals surface area contributed by atoms with Crippen LogP contribution in [0, 0.1) is 5.82 Å². The molecule has 0 saturated carbocycles. The lowest BCUT2D eigenvalue weighted by Crippen LogP contribution is -2.37. The van der Waals surface area contributed by atoms with Gasteiger partial charge < -0.3 is 20.3 Å². The van der Waals surface area contributed by atoms with E-state index in [9.17, 15) is 9.18 Å². The first kappa shape index (κ1) is 18.6. The first-order valence-electron chi connectivity index (χ1n) is 9.73. The molecule has 1 fully saturated rings. The van der Waals surface area contributed by atoms with Gasteiger partial charge in [-0.05, 0) is 44.4 Å². The van der Waals surface area contributed by atoms with Crippen molar-refractivity contribution in [3.63, 3.8) is 0 Å². The Morgan fingerprint density at radius 1 is 1.25 bits per heavy atom. The van der Waals surface area contributed by atoms with E-state index in [0.717, 1.165) is 43.9 Å². The van der Waals surface area contributed by atoms with E-state index < -0.39 is 5.82 Å². The topological polar surface area (TPSA) is 79.4 Å². The van der Waals surface area contributed by atoms with Gasteiger partial charge in [0, 0.05) is 36.6 Å². The number of ether oxygens (including phenoxy) is 1. The van der Waals surface area contributed by atoms with Gasteiger partial charge in [-0.15, -0.1) is 0 Å². The number of hydrogen-bond donors (Lipinski definition) is 2. The van der Waals surface area contributed by atoms with Crippen molar-refractivity contribution in [2.75, 3.05) is 43.1 Å². The highest BCUT2D eigenvalue weighted by atomic mass is 19.1. The summed E-state index contributed by atoms with van der Waals surface area (Å²) in [6.07, 6.45) is 2.89. The normalized spacial score (nSPS) is 16.0. The number of carbonyl (C=O) groups excluding carboxylic acids is 1. The Balaban J connectivity index is 1.66. The number of amides is 2. The third-order valence-electron chi connectivity index (χ3n) is 5.03. The number of anilines is 2. The summed E-state index contributed by atoms with van der Waals surface area (Å²) in [5.41, 5.74) is 2.92. The SMILES string of the molecule is CCNC(=O)Nc1ccc(-c2nc3c(c(N4CCOCC4)n2)CCC3)c(F)c1. The Morgan fingerprint density at radius 2 is 2.07 bits per heavy atom. The van der Waals surface area contributed by atoms with Gasteiger partial charge in [-0.1, -0.05) is 0 Å². The highest BCUT2D eigenvalue weighted by molar-refractivity contribution is 5.89. The van der Waals surface area contributed by atoms with Crippen LogP contribution in [0.5, 0.6) is 0 Å². The van der Waals surface area contributed by atoms with Crippen LogP contribution in [0.2, 0.25) is 0 Å². The van der Waals surface area contributed by atoms with Crippen molar-refractivity contribution in [1.29, 1.82) is 0 Å². The molecule has 8 heteroatoms. The minimum absolute atomic E-state index is 0.339. The van der Waals surface area contributed by atoms with Gasteiger partial charge in [-0.2, -0.15) is 0 Å². The Bertz CT molecular complexity index is 883. The molecule has 7 nitrogen and oxygen atoms in total. The number of hydrogen-bond acceptors (Lipinski definition) is 5. The summed E-state index contributed by atoms with van der Waals surface area (Å²) >= 11 is 0. The quantitative estimate of drug-likeness (QED) is 0.846. The predicted molar refractivity (Wildman–Crippen MR) is 105 cm³/mol. The molecule has 4 rings (SSSR count). The molecule has 0 atom stereocenters. The molecule has 0 bridgehead atoms. The maximum atomic E-state index is 14.8. The maximum absolute atomic E-state index is 14.8. The van der Waals surface area contributed by atoms with Crippen LogP contribution >= 0.6 is 0 Å². The van der Waals surface area contributed by atoms with Crippen molar-refractivity contribution in [2.45, 2.75) is 26.2 Å². The van der Waals surface area contributed by atoms with E-state index in [1.807, 2.05) is 6.92 Å². The van der Waals surface area contributed by atoms with Crippen molar-refractivity contribution in [1.82, 2.24) is 15.3 Å². The summed E-state index contributed by atoms with van der Waals surface area (Å²) in [7, 11) is 0. The van der Waals surface area contributed by atoms with Crippen LogP contribution in [0.1, 0.15) is 24.6 Å². The third-order valence-corrected chi connectivity index (χ3v) is 5.03. The van der Waals surface area contributed by atoms with E-state index in [4.69, 9.17) is 9.72 Å². The lowest BCUT2D eigenvalue weighted by Gasteiger charge is -2.29. The largest absolute Gasteiger partial charge is 0.378 e. The summed E-state index contributed by atoms with van der Waals surface area (Å²) in [6.45, 7) is 5.22. The molecule has 0 radical (unpaired) electrons. The van der Waals surface area contributed by atoms with Crippen molar-refractivity contribution in [3.05, 3.63) is 35.3 Å². The molecule has 148 valence electrons. The fourth-order valence-electron chi connectivity index (χ4n) is 3.68. The number of halogens is 1. The molecule has 1 aliphatic heterocycles. The van der Waals surface area contributed by atoms with E-state index in [-0.39, 0.29) is 6.03 Å². The Kier molecular flexibility index (Phi) is 5.38. The Labute approximate surface area is 163 Å². The number of carbonyl (C=O) groups is 1. The molecule has 1 aliphatic carbocycles. The molecule has 0 unspecified atom stereocenters. The lowest BCUT2D eigenvalue weighted by molar-refractivity contribution is 0.122. The molecule has 2 aliphatic rings. The molecule has 2 amide bonds. The van der Waals surface area contributed by atoms with Crippen LogP contribution in [-0.4, -0.2) is 48.8 Å². The van der Waals surface area contributed by atoms with E-state index in [1.54, 1.807) is 12.1 Å². The average molecular weight is 385 g/mol. The van der Waals surface area contributed by atoms with Gasteiger partial charge >= 0.3 is 6.03 Å². The van der Waals surface area contributed by atoms with Crippen molar-refractivity contribution in [3.8, 4) is 11.4 Å². The van der Waals surface area contributed by atoms with Gasteiger partial charge in [0.05, 0.1) is 18.8 Å². The second-order valence-electron chi connectivity index (χ2n) is 6.93. The van der Waals surface area contributed by atoms with E-state index in [1.165, 1.54) is 11.6 Å². The summed E-state index contributed by atoms with van der Waals surface area (Å²) in [6, 6.07) is 4.23. The number of aromatic nitrogens is 2. The predicted octanol–water partition coefficient (Wildman–Crippen LogP) is 2.75. The zero-order valence-corrected chi connectivity index (χ0v) is 15.9. The average Bonchev–Trinajstić information content (AvgIpc) is 3.17. The van der Waals surface area contributed by atoms with Gasteiger partial charge in [0.1, 0.15) is 11.6 Å². The minimum Gasteiger partial charge on any atom is -0.378 e. The van der Waals surface area contributed by atoms with E-state index >= 15 is 0 Å². The summed E-state index contributed by atoms with van der Waals surface area (Å²) in [4.78, 5) is 23.2. The molecule has 1 aromatic heterocycles. The molecular weight excluding hydrogens is 361 g/mol. The second kappa shape index (κ2) is 8.10. The molecule has 1 saturated heterocycles. The van der Waals surface area contributed by atoms with Crippen molar-refractivity contribution >= 4 is 17.5 Å². The number of fused-ring (bicyclic) bond motifs is 1. The number of morpholine rings is 1. The molecule has 28 heavy (non-hydrogen) atoms. The Hall–Kier alpha value is -2.74. The fraction of sp³-hybridized carbons (Fsp3) is 0.450. The molecule has 2 aromatic rings. The first-order chi connectivity index (χ1) is 13.7. The summed E-state index contributed by atoms with van der Waals surface area (Å²) < 4.78 is 20.3. The van der Waals surface area contributed by atoms with Crippen LogP contribution in [0.4, 0.5) is 20.7 Å². The van der Waals surface area contributed by atoms with Gasteiger partial charge in [-0.25, -0.2) is 19.2 Å². The van der Waals surface area contributed by atoms with Crippen LogP contribution in [0.15, 0.2) is 18.2 Å². The van der Waals surface area contributed by atoms with Gasteiger partial charge in [-0.3, -0.25) is 0 Å². The van der Waals surface area contributed by atoms with Crippen LogP contribution in [0.25, 0.3) is 11.4 Å². The zero-order valence-electron chi connectivity index (χ0n) is 15.9. The fourth-order valence-corrected chi connectivity index (χ4v) is 3.68. The molecule has 1 aromatic carbocycles. The van der Waals surface area contributed by atoms with E-state index in [2.05, 4.69) is 20.5 Å². The number of aryl methyl sites for hydroxylation is 1. The van der Waals surface area contributed by atoms with E-state index in [0.29, 0.717) is 36.8 Å². The standard InChI is InChI=1S/C20H24FN5O2/c1-2-22-20(27)23-13-6-7-14(16(21)12-13)18-24-17-5-3-4-15(17)19(25-18)26-8-10-28-11-9-26/h6-7,12H,2-5,8-11H2,1H3,(H2,22,23,27). The zero-order chi connectivity index (χ0) is 19.5. The first-order valence-corrected chi connectivity index (χ1v) is 9.73. The Morgan fingerprint density at radius 3 is 2.82 bits per heavy atom. The number of nitrogens with one attached hydrogen (secondary N) is 2. The third kappa shape index (κ3) is 3.77. The number of urea groups is 1. The molecule has 2 N–H and O–H groups in total. The van der Waals surface area contributed by atoms with Crippen LogP contribution < -0.4 is 15.5 Å². The van der Waals surface area contributed by atoms with Gasteiger partial charge in [0.25, 0.3) is 0 Å². The number of rotatable bonds is 4. The smallest absolute Gasteiger partial charge is 0.319 e. The number of nitrogens with zero attached hydrogens (tertiary/aromatic N) is 3. The van der Waals surface area contributed by atoms with Crippen LogP contribution in [0.3, 0.4) is 0 Å². The van der Waals surface area contributed by atoms with Crippen molar-refractivity contribution in [2.24, 2.45) is 0 Å². The monoisotopic (exact) mass is 385 g/mol. The summed E-state index contributed by atoms with van der Waals surface area (Å²) in [5, 5.41) is 5.23. The lowest BCUT2D eigenvalue weighted by atomic mass is 10.1. The highest BCUT2D eigenvalue weighted by Crippen LogP contribution is 2.33. The van der Waals surface area contributed by atoms with Crippen LogP contribution in [-0.2, 0) is 17.6 Å². The van der Waals surface area contributed by atoms with Gasteiger partial charge in [0.2, 0.25) is 0 Å².